The zero-order chi connectivity index (χ0) is 15.0. The van der Waals surface area contributed by atoms with Crippen LogP contribution in [0.5, 0.6) is 0 Å². The van der Waals surface area contributed by atoms with Gasteiger partial charge in [-0.2, -0.15) is 0 Å². The van der Waals surface area contributed by atoms with Gasteiger partial charge in [0.2, 0.25) is 5.91 Å². The Balaban J connectivity index is 2.04. The molecular formula is C16H18N2O3. The summed E-state index contributed by atoms with van der Waals surface area (Å²) in [5.41, 5.74) is 3.31. The molecule has 1 aromatic carbocycles. The van der Waals surface area contributed by atoms with Gasteiger partial charge in [-0.1, -0.05) is 12.1 Å². The average Bonchev–Trinajstić information content (AvgIpc) is 2.43. The van der Waals surface area contributed by atoms with Crippen LogP contribution in [-0.2, 0) is 11.3 Å². The third kappa shape index (κ3) is 2.69. The van der Waals surface area contributed by atoms with E-state index in [0.29, 0.717) is 25.2 Å². The molecule has 0 saturated carbocycles. The highest BCUT2D eigenvalue weighted by atomic mass is 16.4. The van der Waals surface area contributed by atoms with Crippen LogP contribution in [-0.4, -0.2) is 30.4 Å². The maximum absolute atomic E-state index is 11.8. The van der Waals surface area contributed by atoms with Gasteiger partial charge >= 0.3 is 5.63 Å². The Morgan fingerprint density at radius 1 is 1.29 bits per heavy atom. The van der Waals surface area contributed by atoms with E-state index in [1.165, 1.54) is 6.07 Å². The number of nitrogens with one attached hydrogen (secondary N) is 1. The van der Waals surface area contributed by atoms with Crippen molar-refractivity contribution in [3.8, 4) is 0 Å². The Bertz CT molecular complexity index is 764. The molecule has 5 heteroatoms. The molecule has 0 aliphatic carbocycles. The van der Waals surface area contributed by atoms with Crippen molar-refractivity contribution >= 4 is 16.9 Å². The van der Waals surface area contributed by atoms with E-state index in [1.54, 1.807) is 0 Å². The summed E-state index contributed by atoms with van der Waals surface area (Å²) in [4.78, 5) is 25.3. The van der Waals surface area contributed by atoms with E-state index < -0.39 is 0 Å². The van der Waals surface area contributed by atoms with Crippen LogP contribution in [0.25, 0.3) is 11.0 Å². The number of carbonyl (C=O) groups excluding carboxylic acids is 1. The molecule has 1 fully saturated rings. The summed E-state index contributed by atoms with van der Waals surface area (Å²) < 4.78 is 5.37. The average molecular weight is 286 g/mol. The van der Waals surface area contributed by atoms with E-state index in [2.05, 4.69) is 5.32 Å². The zero-order valence-corrected chi connectivity index (χ0v) is 12.2. The molecule has 0 atom stereocenters. The Morgan fingerprint density at radius 2 is 2.10 bits per heavy atom. The molecule has 2 heterocycles. The van der Waals surface area contributed by atoms with Crippen molar-refractivity contribution in [2.75, 3.05) is 19.6 Å². The summed E-state index contributed by atoms with van der Waals surface area (Å²) in [6.45, 7) is 6.34. The monoisotopic (exact) mass is 286 g/mol. The van der Waals surface area contributed by atoms with Gasteiger partial charge in [-0.25, -0.2) is 4.79 Å². The number of piperazine rings is 1. The standard InChI is InChI=1S/C16H18N2O3/c1-10-3-4-13-12(7-15(20)21-16(13)11(10)2)8-18-6-5-17-14(19)9-18/h3-4,7H,5-6,8-9H2,1-2H3,(H,17,19). The number of nitrogens with zero attached hydrogens (tertiary/aromatic N) is 1. The fraction of sp³-hybridized carbons (Fsp3) is 0.375. The lowest BCUT2D eigenvalue weighted by atomic mass is 10.0. The van der Waals surface area contributed by atoms with Crippen LogP contribution < -0.4 is 10.9 Å². The SMILES string of the molecule is Cc1ccc2c(CN3CCNC(=O)C3)cc(=O)oc2c1C. The van der Waals surface area contributed by atoms with E-state index in [1.807, 2.05) is 30.9 Å². The number of aryl methyl sites for hydroxylation is 2. The number of amides is 1. The molecule has 1 aromatic heterocycles. The first-order valence-electron chi connectivity index (χ1n) is 7.06. The minimum atomic E-state index is -0.340. The first-order chi connectivity index (χ1) is 10.0. The fourth-order valence-corrected chi connectivity index (χ4v) is 2.72. The maximum Gasteiger partial charge on any atom is 0.336 e. The number of rotatable bonds is 2. The fourth-order valence-electron chi connectivity index (χ4n) is 2.72. The molecule has 0 bridgehead atoms. The second kappa shape index (κ2) is 5.33. The number of hydrogen-bond donors (Lipinski definition) is 1. The second-order valence-electron chi connectivity index (χ2n) is 5.54. The Hall–Kier alpha value is -2.14. The third-order valence-corrected chi connectivity index (χ3v) is 4.03. The van der Waals surface area contributed by atoms with Crippen molar-refractivity contribution in [3.05, 3.63) is 45.3 Å². The van der Waals surface area contributed by atoms with Gasteiger partial charge in [0.1, 0.15) is 5.58 Å². The summed E-state index contributed by atoms with van der Waals surface area (Å²) >= 11 is 0. The van der Waals surface area contributed by atoms with E-state index in [0.717, 1.165) is 28.6 Å². The number of carbonyl (C=O) groups is 1. The molecule has 1 N–H and O–H groups in total. The van der Waals surface area contributed by atoms with Crippen molar-refractivity contribution < 1.29 is 9.21 Å². The lowest BCUT2D eigenvalue weighted by molar-refractivity contribution is -0.124. The lowest BCUT2D eigenvalue weighted by Crippen LogP contribution is -2.47. The third-order valence-electron chi connectivity index (χ3n) is 4.03. The van der Waals surface area contributed by atoms with E-state index in [4.69, 9.17) is 4.42 Å². The van der Waals surface area contributed by atoms with Crippen LogP contribution in [0.2, 0.25) is 0 Å². The van der Waals surface area contributed by atoms with Crippen molar-refractivity contribution in [2.24, 2.45) is 0 Å². The van der Waals surface area contributed by atoms with Crippen molar-refractivity contribution in [2.45, 2.75) is 20.4 Å². The highest BCUT2D eigenvalue weighted by Crippen LogP contribution is 2.24. The predicted octanol–water partition coefficient (Wildman–Crippen LogP) is 1.34. The quantitative estimate of drug-likeness (QED) is 0.846. The number of fused-ring (bicyclic) bond motifs is 1. The van der Waals surface area contributed by atoms with E-state index in [-0.39, 0.29) is 11.5 Å². The van der Waals surface area contributed by atoms with Gasteiger partial charge in [0.15, 0.2) is 0 Å². The van der Waals surface area contributed by atoms with Gasteiger partial charge in [0, 0.05) is 31.1 Å². The second-order valence-corrected chi connectivity index (χ2v) is 5.54. The molecule has 0 radical (unpaired) electrons. The van der Waals surface area contributed by atoms with Gasteiger partial charge in [-0.3, -0.25) is 9.69 Å². The van der Waals surface area contributed by atoms with Crippen LogP contribution in [0, 0.1) is 13.8 Å². The lowest BCUT2D eigenvalue weighted by Gasteiger charge is -2.26. The van der Waals surface area contributed by atoms with Crippen molar-refractivity contribution in [1.82, 2.24) is 10.2 Å². The highest BCUT2D eigenvalue weighted by molar-refractivity contribution is 5.84. The van der Waals surface area contributed by atoms with Gasteiger partial charge < -0.3 is 9.73 Å². The van der Waals surface area contributed by atoms with Crippen LogP contribution in [0.15, 0.2) is 27.4 Å². The zero-order valence-electron chi connectivity index (χ0n) is 12.2. The Morgan fingerprint density at radius 3 is 2.86 bits per heavy atom. The molecule has 1 aliphatic rings. The van der Waals surface area contributed by atoms with Gasteiger partial charge in [-0.15, -0.1) is 0 Å². The molecule has 110 valence electrons. The predicted molar refractivity (Wildman–Crippen MR) is 80.2 cm³/mol. The highest BCUT2D eigenvalue weighted by Gasteiger charge is 2.18. The van der Waals surface area contributed by atoms with Crippen LogP contribution in [0.4, 0.5) is 0 Å². The Labute approximate surface area is 122 Å². The molecule has 1 amide bonds. The summed E-state index contributed by atoms with van der Waals surface area (Å²) in [7, 11) is 0. The minimum Gasteiger partial charge on any atom is -0.422 e. The van der Waals surface area contributed by atoms with Crippen LogP contribution >= 0.6 is 0 Å². The van der Waals surface area contributed by atoms with Crippen LogP contribution in [0.1, 0.15) is 16.7 Å². The van der Waals surface area contributed by atoms with E-state index in [9.17, 15) is 9.59 Å². The molecule has 2 aromatic rings. The minimum absolute atomic E-state index is 0.0283. The largest absolute Gasteiger partial charge is 0.422 e. The van der Waals surface area contributed by atoms with Gasteiger partial charge in [-0.05, 0) is 30.5 Å². The maximum atomic E-state index is 11.8. The molecule has 1 saturated heterocycles. The molecule has 5 nitrogen and oxygen atoms in total. The molecule has 0 unspecified atom stereocenters. The summed E-state index contributed by atoms with van der Waals surface area (Å²) in [6, 6.07) is 5.55. The van der Waals surface area contributed by atoms with Crippen molar-refractivity contribution in [3.63, 3.8) is 0 Å². The molecule has 21 heavy (non-hydrogen) atoms. The van der Waals surface area contributed by atoms with Gasteiger partial charge in [0.05, 0.1) is 6.54 Å². The van der Waals surface area contributed by atoms with E-state index >= 15 is 0 Å². The Kier molecular flexibility index (Phi) is 3.51. The van der Waals surface area contributed by atoms with Gasteiger partial charge in [0.25, 0.3) is 0 Å². The first kappa shape index (κ1) is 13.8. The first-order valence-corrected chi connectivity index (χ1v) is 7.06. The summed E-state index contributed by atoms with van der Waals surface area (Å²) in [6.07, 6.45) is 0. The molecular weight excluding hydrogens is 268 g/mol. The molecule has 1 aliphatic heterocycles. The number of benzene rings is 1. The summed E-state index contributed by atoms with van der Waals surface area (Å²) in [5, 5.41) is 3.75. The molecule has 0 spiro atoms. The van der Waals surface area contributed by atoms with Crippen LogP contribution in [0.3, 0.4) is 0 Å². The topological polar surface area (TPSA) is 62.6 Å². The smallest absolute Gasteiger partial charge is 0.336 e. The summed E-state index contributed by atoms with van der Waals surface area (Å²) in [5.74, 6) is 0.0283. The normalized spacial score (nSPS) is 16.2. The van der Waals surface area contributed by atoms with Crippen molar-refractivity contribution in [1.29, 1.82) is 0 Å². The number of hydrogen-bond acceptors (Lipinski definition) is 4. The molecule has 3 rings (SSSR count).